The molecule has 0 aliphatic carbocycles. The van der Waals surface area contributed by atoms with Gasteiger partial charge in [-0.1, -0.05) is 29.8 Å². The molecule has 0 aliphatic heterocycles. The minimum atomic E-state index is -0.421. The first kappa shape index (κ1) is 18.3. The van der Waals surface area contributed by atoms with Crippen molar-refractivity contribution in [2.45, 2.75) is 19.1 Å². The maximum absolute atomic E-state index is 12.1. The lowest BCUT2D eigenvalue weighted by Gasteiger charge is -2.13. The Morgan fingerprint density at radius 2 is 2.04 bits per heavy atom. The number of benzene rings is 2. The Balaban J connectivity index is 1.95. The van der Waals surface area contributed by atoms with E-state index in [-0.39, 0.29) is 22.6 Å². The van der Waals surface area contributed by atoms with Crippen molar-refractivity contribution >= 4 is 40.6 Å². The van der Waals surface area contributed by atoms with Gasteiger partial charge >= 0.3 is 0 Å². The van der Waals surface area contributed by atoms with Gasteiger partial charge in [0.25, 0.3) is 5.69 Å². The molecule has 2 rings (SSSR count). The molecule has 0 spiro atoms. The minimum absolute atomic E-state index is 0.0314. The molecule has 0 heterocycles. The fourth-order valence-electron chi connectivity index (χ4n) is 2.12. The van der Waals surface area contributed by atoms with E-state index < -0.39 is 4.92 Å². The van der Waals surface area contributed by atoms with E-state index in [4.69, 9.17) is 11.6 Å². The first-order valence-corrected chi connectivity index (χ1v) is 8.72. The van der Waals surface area contributed by atoms with E-state index in [9.17, 15) is 14.9 Å². The number of non-ortho nitro benzene ring substituents is 1. The van der Waals surface area contributed by atoms with Crippen molar-refractivity contribution in [3.8, 4) is 0 Å². The van der Waals surface area contributed by atoms with Gasteiger partial charge in [-0.2, -0.15) is 0 Å². The number of halogens is 1. The fourth-order valence-corrected chi connectivity index (χ4v) is 3.10. The molecule has 0 aromatic heterocycles. The first-order valence-electron chi connectivity index (χ1n) is 7.29. The molecule has 2 aromatic carbocycles. The normalized spacial score (nSPS) is 11.8. The van der Waals surface area contributed by atoms with Gasteiger partial charge in [-0.25, -0.2) is 0 Å². The third-order valence-electron chi connectivity index (χ3n) is 3.56. The molecule has 0 aliphatic rings. The van der Waals surface area contributed by atoms with E-state index in [1.54, 1.807) is 24.3 Å². The van der Waals surface area contributed by atoms with Crippen LogP contribution in [0.3, 0.4) is 0 Å². The quantitative estimate of drug-likeness (QED) is 0.579. The average Bonchev–Trinajstić information content (AvgIpc) is 2.57. The molecular formula is C17H17ClN2O3S. The summed E-state index contributed by atoms with van der Waals surface area (Å²) >= 11 is 7.45. The number of carbonyl (C=O) groups excluding carboxylic acids is 1. The number of anilines is 1. The highest BCUT2D eigenvalue weighted by Crippen LogP contribution is 2.30. The monoisotopic (exact) mass is 364 g/mol. The van der Waals surface area contributed by atoms with E-state index >= 15 is 0 Å². The Morgan fingerprint density at radius 3 is 2.75 bits per heavy atom. The minimum Gasteiger partial charge on any atom is -0.325 e. The first-order chi connectivity index (χ1) is 11.4. The Labute approximate surface area is 149 Å². The molecule has 2 aromatic rings. The summed E-state index contributed by atoms with van der Waals surface area (Å²) in [7, 11) is 0. The van der Waals surface area contributed by atoms with Crippen LogP contribution in [0.4, 0.5) is 11.4 Å². The summed E-state index contributed by atoms with van der Waals surface area (Å²) in [5.41, 5.74) is 2.39. The highest BCUT2D eigenvalue weighted by molar-refractivity contribution is 8.00. The van der Waals surface area contributed by atoms with Crippen LogP contribution in [-0.4, -0.2) is 16.6 Å². The third-order valence-corrected chi connectivity index (χ3v) is 5.17. The van der Waals surface area contributed by atoms with Crippen LogP contribution in [0.25, 0.3) is 0 Å². The molecule has 0 saturated carbocycles. The number of thioether (sulfide) groups is 1. The number of nitro benzene ring substituents is 1. The van der Waals surface area contributed by atoms with E-state index in [1.807, 2.05) is 19.9 Å². The summed E-state index contributed by atoms with van der Waals surface area (Å²) in [5, 5.41) is 14.2. The number of rotatable bonds is 6. The largest absolute Gasteiger partial charge is 0.325 e. The zero-order chi connectivity index (χ0) is 17.7. The van der Waals surface area contributed by atoms with Gasteiger partial charge in [0.05, 0.1) is 10.7 Å². The van der Waals surface area contributed by atoms with E-state index in [0.29, 0.717) is 10.7 Å². The van der Waals surface area contributed by atoms with E-state index in [2.05, 4.69) is 5.32 Å². The Kier molecular flexibility index (Phi) is 6.23. The van der Waals surface area contributed by atoms with E-state index in [0.717, 1.165) is 11.1 Å². The average molecular weight is 365 g/mol. The lowest BCUT2D eigenvalue weighted by Crippen LogP contribution is -2.15. The molecule has 1 atom stereocenters. The molecule has 0 bridgehead atoms. The van der Waals surface area contributed by atoms with Gasteiger partial charge < -0.3 is 5.32 Å². The molecule has 5 nitrogen and oxygen atoms in total. The van der Waals surface area contributed by atoms with Crippen molar-refractivity contribution in [3.63, 3.8) is 0 Å². The van der Waals surface area contributed by atoms with Gasteiger partial charge in [0, 0.05) is 28.1 Å². The molecule has 126 valence electrons. The maximum atomic E-state index is 12.1. The summed E-state index contributed by atoms with van der Waals surface area (Å²) in [6.45, 7) is 3.76. The lowest BCUT2D eigenvalue weighted by atomic mass is 10.1. The van der Waals surface area contributed by atoms with Crippen molar-refractivity contribution in [2.24, 2.45) is 0 Å². The Morgan fingerprint density at radius 1 is 1.33 bits per heavy atom. The van der Waals surface area contributed by atoms with Crippen LogP contribution in [0.2, 0.25) is 5.02 Å². The van der Waals surface area contributed by atoms with Crippen molar-refractivity contribution < 1.29 is 9.72 Å². The number of hydrogen-bond donors (Lipinski definition) is 1. The number of hydrogen-bond acceptors (Lipinski definition) is 4. The number of amides is 1. The van der Waals surface area contributed by atoms with Gasteiger partial charge in [-0.3, -0.25) is 14.9 Å². The van der Waals surface area contributed by atoms with Gasteiger partial charge in [-0.05, 0) is 37.1 Å². The van der Waals surface area contributed by atoms with Crippen LogP contribution in [-0.2, 0) is 4.79 Å². The van der Waals surface area contributed by atoms with Crippen LogP contribution in [0.1, 0.15) is 23.3 Å². The van der Waals surface area contributed by atoms with Gasteiger partial charge in [0.1, 0.15) is 0 Å². The molecular weight excluding hydrogens is 348 g/mol. The number of nitrogens with one attached hydrogen (secondary N) is 1. The highest BCUT2D eigenvalue weighted by Gasteiger charge is 2.14. The fraction of sp³-hybridized carbons (Fsp3) is 0.235. The van der Waals surface area contributed by atoms with Crippen molar-refractivity contribution in [2.75, 3.05) is 11.1 Å². The maximum Gasteiger partial charge on any atom is 0.269 e. The summed E-state index contributed by atoms with van der Waals surface area (Å²) in [4.78, 5) is 22.5. The predicted molar refractivity (Wildman–Crippen MR) is 98.8 cm³/mol. The summed E-state index contributed by atoms with van der Waals surface area (Å²) in [6.07, 6.45) is 0. The van der Waals surface area contributed by atoms with Crippen LogP contribution >= 0.6 is 23.4 Å². The second kappa shape index (κ2) is 8.17. The number of nitro groups is 1. The zero-order valence-corrected chi connectivity index (χ0v) is 14.9. The Bertz CT molecular complexity index is 767. The van der Waals surface area contributed by atoms with Crippen LogP contribution in [0.5, 0.6) is 0 Å². The molecule has 0 saturated heterocycles. The summed E-state index contributed by atoms with van der Waals surface area (Å²) in [6, 6.07) is 11.8. The second-order valence-corrected chi connectivity index (χ2v) is 7.00. The molecule has 0 unspecified atom stereocenters. The SMILES string of the molecule is Cc1c(Cl)cccc1NC(=O)CS[C@H](C)c1cccc([N+](=O)[O-])c1. The van der Waals surface area contributed by atoms with E-state index in [1.165, 1.54) is 23.9 Å². The molecule has 24 heavy (non-hydrogen) atoms. The van der Waals surface area contributed by atoms with Crippen molar-refractivity contribution in [1.82, 2.24) is 0 Å². The van der Waals surface area contributed by atoms with Crippen molar-refractivity contribution in [3.05, 3.63) is 68.7 Å². The van der Waals surface area contributed by atoms with Crippen molar-refractivity contribution in [1.29, 1.82) is 0 Å². The van der Waals surface area contributed by atoms with Gasteiger partial charge in [0.15, 0.2) is 0 Å². The molecule has 0 radical (unpaired) electrons. The third kappa shape index (κ3) is 4.72. The standard InChI is InChI=1S/C17H17ClN2O3S/c1-11-15(18)7-4-8-16(11)19-17(21)10-24-12(2)13-5-3-6-14(9-13)20(22)23/h3-9,12H,10H2,1-2H3,(H,19,21)/t12-/m1/s1. The second-order valence-electron chi connectivity index (χ2n) is 5.27. The summed E-state index contributed by atoms with van der Waals surface area (Å²) < 4.78 is 0. The lowest BCUT2D eigenvalue weighted by molar-refractivity contribution is -0.384. The van der Waals surface area contributed by atoms with Gasteiger partial charge in [0.2, 0.25) is 5.91 Å². The molecule has 1 N–H and O–H groups in total. The molecule has 0 fully saturated rings. The molecule has 7 heteroatoms. The predicted octanol–water partition coefficient (Wildman–Crippen LogP) is 4.99. The highest BCUT2D eigenvalue weighted by atomic mass is 35.5. The smallest absolute Gasteiger partial charge is 0.269 e. The van der Waals surface area contributed by atoms with Crippen LogP contribution in [0, 0.1) is 17.0 Å². The number of nitrogens with zero attached hydrogens (tertiary/aromatic N) is 1. The van der Waals surface area contributed by atoms with Crippen LogP contribution in [0.15, 0.2) is 42.5 Å². The number of carbonyl (C=O) groups is 1. The van der Waals surface area contributed by atoms with Gasteiger partial charge in [-0.15, -0.1) is 11.8 Å². The zero-order valence-electron chi connectivity index (χ0n) is 13.3. The topological polar surface area (TPSA) is 72.2 Å². The van der Waals surface area contributed by atoms with Crippen LogP contribution < -0.4 is 5.32 Å². The Hall–Kier alpha value is -2.05. The molecule has 1 amide bonds. The summed E-state index contributed by atoms with van der Waals surface area (Å²) in [5.74, 6) is 0.109.